The summed E-state index contributed by atoms with van der Waals surface area (Å²) in [4.78, 5) is 29.5. The molecule has 2 aromatic rings. The van der Waals surface area contributed by atoms with Gasteiger partial charge in [-0.25, -0.2) is 9.59 Å². The number of carbonyl (C=O) groups excluding carboxylic acids is 2. The highest BCUT2D eigenvalue weighted by molar-refractivity contribution is 5.82. The standard InChI is InChI=1S/C18H22N2O6/c1-18(2,3)25-17(24)19-13(11-12-7-5-4-6-8-12)16(23)26-20-14(21)9-10-15(20)22/h4-10,13,21-22H,11H2,1-3H3,(H,19,24)/t13-/m1/s1. The third kappa shape index (κ3) is 5.44. The van der Waals surface area contributed by atoms with Gasteiger partial charge in [0.1, 0.15) is 11.6 Å². The van der Waals surface area contributed by atoms with Crippen LogP contribution in [0.3, 0.4) is 0 Å². The van der Waals surface area contributed by atoms with Gasteiger partial charge >= 0.3 is 12.1 Å². The molecule has 0 saturated carbocycles. The zero-order valence-electron chi connectivity index (χ0n) is 14.8. The fraction of sp³-hybridized carbons (Fsp3) is 0.333. The first-order chi connectivity index (χ1) is 12.2. The normalized spacial score (nSPS) is 12.3. The van der Waals surface area contributed by atoms with Crippen molar-refractivity contribution in [2.45, 2.75) is 38.8 Å². The molecule has 3 N–H and O–H groups in total. The van der Waals surface area contributed by atoms with Crippen LogP contribution in [-0.4, -0.2) is 38.6 Å². The Morgan fingerprint density at radius 2 is 1.65 bits per heavy atom. The molecule has 1 heterocycles. The molecule has 1 aromatic heterocycles. The second kappa shape index (κ2) is 7.81. The maximum atomic E-state index is 12.5. The molecule has 0 unspecified atom stereocenters. The van der Waals surface area contributed by atoms with Crippen LogP contribution in [0.2, 0.25) is 0 Å². The van der Waals surface area contributed by atoms with Crippen molar-refractivity contribution in [1.29, 1.82) is 0 Å². The van der Waals surface area contributed by atoms with Gasteiger partial charge < -0.3 is 25.1 Å². The van der Waals surface area contributed by atoms with E-state index in [1.165, 1.54) is 0 Å². The Hall–Kier alpha value is -3.16. The van der Waals surface area contributed by atoms with Gasteiger partial charge in [0.15, 0.2) is 0 Å². The minimum Gasteiger partial charge on any atom is -0.492 e. The van der Waals surface area contributed by atoms with Crippen molar-refractivity contribution < 1.29 is 29.4 Å². The van der Waals surface area contributed by atoms with Crippen molar-refractivity contribution in [2.75, 3.05) is 0 Å². The lowest BCUT2D eigenvalue weighted by Crippen LogP contribution is -2.47. The van der Waals surface area contributed by atoms with Crippen molar-refractivity contribution in [3.8, 4) is 11.8 Å². The molecule has 8 nitrogen and oxygen atoms in total. The van der Waals surface area contributed by atoms with Crippen LogP contribution in [0, 0.1) is 0 Å². The number of alkyl carbamates (subject to hydrolysis) is 1. The predicted octanol–water partition coefficient (Wildman–Crippen LogP) is 1.99. The monoisotopic (exact) mass is 362 g/mol. The predicted molar refractivity (Wildman–Crippen MR) is 92.7 cm³/mol. The van der Waals surface area contributed by atoms with E-state index in [2.05, 4.69) is 5.32 Å². The topological polar surface area (TPSA) is 110 Å². The second-order valence-electron chi connectivity index (χ2n) is 6.64. The highest BCUT2D eigenvalue weighted by atomic mass is 16.7. The van der Waals surface area contributed by atoms with E-state index in [0.717, 1.165) is 17.7 Å². The van der Waals surface area contributed by atoms with E-state index in [4.69, 9.17) is 9.57 Å². The van der Waals surface area contributed by atoms with Crippen LogP contribution in [-0.2, 0) is 16.0 Å². The summed E-state index contributed by atoms with van der Waals surface area (Å²) in [5.41, 5.74) is 0.0499. The summed E-state index contributed by atoms with van der Waals surface area (Å²) >= 11 is 0. The number of benzene rings is 1. The summed E-state index contributed by atoms with van der Waals surface area (Å²) in [5, 5.41) is 21.7. The number of hydrogen-bond acceptors (Lipinski definition) is 6. The first-order valence-corrected chi connectivity index (χ1v) is 8.01. The SMILES string of the molecule is CC(C)(C)OC(=O)N[C@H](Cc1ccccc1)C(=O)On1c(O)ccc1O. The van der Waals surface area contributed by atoms with Gasteiger partial charge in [0.05, 0.1) is 0 Å². The molecule has 8 heteroatoms. The number of aromatic hydroxyl groups is 2. The first kappa shape index (κ1) is 19.2. The van der Waals surface area contributed by atoms with E-state index >= 15 is 0 Å². The molecule has 1 aromatic carbocycles. The number of hydrogen-bond donors (Lipinski definition) is 3. The Kier molecular flexibility index (Phi) is 5.76. The third-order valence-corrected chi connectivity index (χ3v) is 3.24. The Morgan fingerprint density at radius 1 is 1.08 bits per heavy atom. The lowest BCUT2D eigenvalue weighted by molar-refractivity contribution is -0.148. The molecule has 0 aliphatic heterocycles. The number of rotatable bonds is 5. The van der Waals surface area contributed by atoms with E-state index in [1.807, 2.05) is 6.07 Å². The lowest BCUT2D eigenvalue weighted by Gasteiger charge is -2.23. The van der Waals surface area contributed by atoms with Crippen LogP contribution in [0.25, 0.3) is 0 Å². The average Bonchev–Trinajstić information content (AvgIpc) is 2.85. The van der Waals surface area contributed by atoms with Gasteiger partial charge in [0.25, 0.3) is 0 Å². The number of amides is 1. The van der Waals surface area contributed by atoms with E-state index in [0.29, 0.717) is 4.73 Å². The Morgan fingerprint density at radius 3 is 2.19 bits per heavy atom. The molecule has 0 spiro atoms. The fourth-order valence-electron chi connectivity index (χ4n) is 2.14. The molecule has 140 valence electrons. The van der Waals surface area contributed by atoms with E-state index < -0.39 is 35.5 Å². The largest absolute Gasteiger partial charge is 0.492 e. The van der Waals surface area contributed by atoms with Crippen molar-refractivity contribution in [3.63, 3.8) is 0 Å². The molecular weight excluding hydrogens is 340 g/mol. The highest BCUT2D eigenvalue weighted by Crippen LogP contribution is 2.19. The van der Waals surface area contributed by atoms with E-state index in [-0.39, 0.29) is 6.42 Å². The van der Waals surface area contributed by atoms with Gasteiger partial charge in [-0.1, -0.05) is 30.3 Å². The summed E-state index contributed by atoms with van der Waals surface area (Å²) in [5.74, 6) is -1.78. The smallest absolute Gasteiger partial charge is 0.408 e. The molecule has 0 saturated heterocycles. The van der Waals surface area contributed by atoms with Crippen LogP contribution >= 0.6 is 0 Å². The number of ether oxygens (including phenoxy) is 1. The minimum atomic E-state index is -1.09. The van der Waals surface area contributed by atoms with Gasteiger partial charge in [0.2, 0.25) is 11.8 Å². The molecule has 0 fully saturated rings. The molecule has 1 atom stereocenters. The molecular formula is C18H22N2O6. The first-order valence-electron chi connectivity index (χ1n) is 8.01. The molecule has 0 bridgehead atoms. The molecule has 26 heavy (non-hydrogen) atoms. The van der Waals surface area contributed by atoms with Gasteiger partial charge in [-0.2, -0.15) is 0 Å². The number of nitrogens with one attached hydrogen (secondary N) is 1. The average molecular weight is 362 g/mol. The minimum absolute atomic E-state index is 0.141. The maximum Gasteiger partial charge on any atom is 0.408 e. The van der Waals surface area contributed by atoms with E-state index in [1.54, 1.807) is 45.0 Å². The number of aromatic nitrogens is 1. The maximum absolute atomic E-state index is 12.5. The summed E-state index contributed by atoms with van der Waals surface area (Å²) in [6.45, 7) is 5.10. The molecule has 0 radical (unpaired) electrons. The Balaban J connectivity index is 2.16. The van der Waals surface area contributed by atoms with Crippen LogP contribution in [0.5, 0.6) is 11.8 Å². The Labute approximate surface area is 150 Å². The van der Waals surface area contributed by atoms with Gasteiger partial charge in [0, 0.05) is 18.6 Å². The van der Waals surface area contributed by atoms with Crippen molar-refractivity contribution >= 4 is 12.1 Å². The summed E-state index contributed by atoms with van der Waals surface area (Å²) in [6.07, 6.45) is -0.641. The van der Waals surface area contributed by atoms with Crippen molar-refractivity contribution in [2.24, 2.45) is 0 Å². The van der Waals surface area contributed by atoms with Crippen molar-refractivity contribution in [1.82, 2.24) is 10.0 Å². The number of nitrogens with zero attached hydrogens (tertiary/aromatic N) is 1. The van der Waals surface area contributed by atoms with Crippen LogP contribution in [0.1, 0.15) is 26.3 Å². The van der Waals surface area contributed by atoms with E-state index in [9.17, 15) is 19.8 Å². The quantitative estimate of drug-likeness (QED) is 0.750. The van der Waals surface area contributed by atoms with Crippen LogP contribution in [0.4, 0.5) is 4.79 Å². The molecule has 2 rings (SSSR count). The van der Waals surface area contributed by atoms with Gasteiger partial charge in [-0.05, 0) is 26.3 Å². The summed E-state index contributed by atoms with van der Waals surface area (Å²) in [6, 6.07) is 10.3. The molecule has 0 aliphatic rings. The number of carbonyl (C=O) groups is 2. The zero-order valence-corrected chi connectivity index (χ0v) is 14.8. The third-order valence-electron chi connectivity index (χ3n) is 3.24. The summed E-state index contributed by atoms with van der Waals surface area (Å²) < 4.78 is 5.74. The van der Waals surface area contributed by atoms with Gasteiger partial charge in [-0.15, -0.1) is 4.73 Å². The molecule has 1 amide bonds. The molecule has 0 aliphatic carbocycles. The van der Waals surface area contributed by atoms with Crippen molar-refractivity contribution in [3.05, 3.63) is 48.0 Å². The fourth-order valence-corrected chi connectivity index (χ4v) is 2.14. The Bertz CT molecular complexity index is 744. The van der Waals surface area contributed by atoms with Crippen LogP contribution < -0.4 is 10.2 Å². The summed E-state index contributed by atoms with van der Waals surface area (Å²) in [7, 11) is 0. The van der Waals surface area contributed by atoms with Gasteiger partial charge in [-0.3, -0.25) is 0 Å². The second-order valence-corrected chi connectivity index (χ2v) is 6.64. The van der Waals surface area contributed by atoms with Crippen LogP contribution in [0.15, 0.2) is 42.5 Å². The zero-order chi connectivity index (χ0) is 19.3. The highest BCUT2D eigenvalue weighted by Gasteiger charge is 2.27. The lowest BCUT2D eigenvalue weighted by atomic mass is 10.1.